The number of hydrogen-bond donors (Lipinski definition) is 3. The normalized spacial score (nSPS) is 19.8. The van der Waals surface area contributed by atoms with Gasteiger partial charge in [0, 0.05) is 32.2 Å². The fraction of sp³-hybridized carbons (Fsp3) is 0.391. The number of β-amino-alcohol motifs (C(OH)–C–C–N with tert-alkyl or cyclic N) is 1. The minimum Gasteiger partial charge on any atom is -0.392 e. The highest BCUT2D eigenvalue weighted by atomic mass is 32.2. The molecule has 1 aromatic heterocycles. The first-order valence-electron chi connectivity index (χ1n) is 11.4. The van der Waals surface area contributed by atoms with Gasteiger partial charge in [-0.05, 0) is 45.7 Å². The highest BCUT2D eigenvalue weighted by Gasteiger charge is 2.29. The topological polar surface area (TPSA) is 144 Å². The van der Waals surface area contributed by atoms with Gasteiger partial charge in [-0.2, -0.15) is 0 Å². The summed E-state index contributed by atoms with van der Waals surface area (Å²) >= 11 is 0. The second-order valence-electron chi connectivity index (χ2n) is 9.13. The van der Waals surface area contributed by atoms with Crippen molar-refractivity contribution in [1.29, 1.82) is 0 Å². The molecule has 1 saturated heterocycles. The van der Waals surface area contributed by atoms with Crippen LogP contribution in [0.25, 0.3) is 11.4 Å². The van der Waals surface area contributed by atoms with E-state index in [0.717, 1.165) is 23.2 Å². The molecule has 1 unspecified atom stereocenters. The number of amides is 1. The summed E-state index contributed by atoms with van der Waals surface area (Å²) in [6.45, 7) is 1.90. The van der Waals surface area contributed by atoms with Crippen molar-refractivity contribution in [3.05, 3.63) is 59.2 Å². The maximum atomic E-state index is 13.4. The highest BCUT2D eigenvalue weighted by Crippen LogP contribution is 2.30. The number of likely N-dealkylation sites (tertiary alicyclic amines) is 1. The first-order chi connectivity index (χ1) is 16.8. The van der Waals surface area contributed by atoms with Crippen molar-refractivity contribution >= 4 is 21.6 Å². The summed E-state index contributed by atoms with van der Waals surface area (Å²) < 4.78 is 26.2. The maximum absolute atomic E-state index is 13.4. The van der Waals surface area contributed by atoms with E-state index < -0.39 is 10.0 Å². The van der Waals surface area contributed by atoms with E-state index in [9.17, 15) is 18.3 Å². The summed E-state index contributed by atoms with van der Waals surface area (Å²) in [5.74, 6) is 0.399. The molecule has 184 valence electrons. The fourth-order valence-electron chi connectivity index (χ4n) is 4.68. The van der Waals surface area contributed by atoms with Gasteiger partial charge in [0.1, 0.15) is 0 Å². The molecule has 12 heteroatoms. The number of nitrogens with zero attached hydrogens (tertiary/aromatic N) is 5. The Morgan fingerprint density at radius 1 is 1.29 bits per heavy atom. The molecule has 0 spiro atoms. The van der Waals surface area contributed by atoms with Gasteiger partial charge < -0.3 is 10.0 Å². The van der Waals surface area contributed by atoms with Crippen molar-refractivity contribution in [3.63, 3.8) is 0 Å². The second-order valence-corrected chi connectivity index (χ2v) is 10.8. The molecule has 5 rings (SSSR count). The predicted octanol–water partition coefficient (Wildman–Crippen LogP) is 0.931. The summed E-state index contributed by atoms with van der Waals surface area (Å²) in [6.07, 6.45) is 0.480. The van der Waals surface area contributed by atoms with Gasteiger partial charge in [0.15, 0.2) is 5.82 Å². The van der Waals surface area contributed by atoms with E-state index in [1.54, 1.807) is 30.1 Å². The minimum absolute atomic E-state index is 0.0444. The highest BCUT2D eigenvalue weighted by molar-refractivity contribution is 7.92. The maximum Gasteiger partial charge on any atom is 0.237 e. The number of hydrogen-bond acceptors (Lipinski definition) is 8. The molecule has 0 aliphatic carbocycles. The first-order valence-corrected chi connectivity index (χ1v) is 13.0. The smallest absolute Gasteiger partial charge is 0.237 e. The lowest BCUT2D eigenvalue weighted by Crippen LogP contribution is -2.39. The number of aromatic amines is 1. The van der Waals surface area contributed by atoms with E-state index in [0.29, 0.717) is 36.6 Å². The minimum atomic E-state index is -3.35. The van der Waals surface area contributed by atoms with Crippen LogP contribution in [0.5, 0.6) is 0 Å². The number of H-pyrrole nitrogens is 1. The number of rotatable bonds is 7. The number of aliphatic hydroxyl groups excluding tert-OH is 1. The quantitative estimate of drug-likeness (QED) is 0.437. The molecule has 2 aromatic carbocycles. The van der Waals surface area contributed by atoms with Crippen LogP contribution < -0.4 is 4.72 Å². The third kappa shape index (κ3) is 5.19. The van der Waals surface area contributed by atoms with Crippen molar-refractivity contribution in [3.8, 4) is 11.4 Å². The fourth-order valence-corrected chi connectivity index (χ4v) is 5.94. The third-order valence-electron chi connectivity index (χ3n) is 6.57. The van der Waals surface area contributed by atoms with Crippen LogP contribution in [-0.4, -0.2) is 82.6 Å². The third-order valence-corrected chi connectivity index (χ3v) is 7.79. The van der Waals surface area contributed by atoms with E-state index in [-0.39, 0.29) is 30.2 Å². The lowest BCUT2D eigenvalue weighted by atomic mass is 10.0. The number of carbonyl (C=O) groups excluding carboxylic acids is 1. The van der Waals surface area contributed by atoms with Crippen molar-refractivity contribution in [2.45, 2.75) is 30.7 Å². The molecule has 2 aliphatic heterocycles. The molecule has 11 nitrogen and oxygen atoms in total. The molecular weight excluding hydrogens is 470 g/mol. The van der Waals surface area contributed by atoms with Crippen LogP contribution in [-0.2, 0) is 27.0 Å². The summed E-state index contributed by atoms with van der Waals surface area (Å²) in [7, 11) is -1.57. The second kappa shape index (κ2) is 9.36. The van der Waals surface area contributed by atoms with Crippen molar-refractivity contribution in [2.75, 3.05) is 31.4 Å². The molecule has 0 saturated carbocycles. The van der Waals surface area contributed by atoms with Crippen molar-refractivity contribution < 1.29 is 18.3 Å². The van der Waals surface area contributed by atoms with Gasteiger partial charge in [-0.3, -0.25) is 14.4 Å². The SMILES string of the molecule is CN(C(=O)Cc1ccc2c(c1)NS(=O)(=O)C2)C(CN1CC[C@H](O)C1)c1cccc(-c2nnn[nH]2)c1. The van der Waals surface area contributed by atoms with Gasteiger partial charge in [0.2, 0.25) is 15.9 Å². The average molecular weight is 498 g/mol. The number of aliphatic hydroxyl groups is 1. The Labute approximate surface area is 203 Å². The molecular formula is C23H27N7O4S. The van der Waals surface area contributed by atoms with Gasteiger partial charge in [-0.25, -0.2) is 13.5 Å². The Hall–Kier alpha value is -3.35. The summed E-state index contributed by atoms with van der Waals surface area (Å²) in [5.41, 5.74) is 3.72. The number of anilines is 1. The zero-order chi connectivity index (χ0) is 24.6. The largest absolute Gasteiger partial charge is 0.392 e. The van der Waals surface area contributed by atoms with Gasteiger partial charge >= 0.3 is 0 Å². The van der Waals surface area contributed by atoms with Crippen LogP contribution in [0.4, 0.5) is 5.69 Å². The lowest BCUT2D eigenvalue weighted by Gasteiger charge is -2.32. The van der Waals surface area contributed by atoms with Crippen molar-refractivity contribution in [1.82, 2.24) is 30.4 Å². The molecule has 1 amide bonds. The summed E-state index contributed by atoms with van der Waals surface area (Å²) in [6, 6.07) is 12.8. The van der Waals surface area contributed by atoms with Gasteiger partial charge in [0.05, 0.1) is 30.0 Å². The van der Waals surface area contributed by atoms with Gasteiger partial charge in [0.25, 0.3) is 0 Å². The predicted molar refractivity (Wildman–Crippen MR) is 129 cm³/mol. The van der Waals surface area contributed by atoms with Crippen molar-refractivity contribution in [2.24, 2.45) is 0 Å². The summed E-state index contributed by atoms with van der Waals surface area (Å²) in [5, 5.41) is 24.0. The average Bonchev–Trinajstić information content (AvgIpc) is 3.56. The molecule has 3 N–H and O–H groups in total. The van der Waals surface area contributed by atoms with Crippen LogP contribution in [0.1, 0.15) is 29.2 Å². The first kappa shape index (κ1) is 23.4. The van der Waals surface area contributed by atoms with Crippen LogP contribution in [0.15, 0.2) is 42.5 Å². The van der Waals surface area contributed by atoms with Gasteiger partial charge in [-0.15, -0.1) is 5.10 Å². The standard InChI is InChI=1S/C23H27N7O4S/c1-29(22(32)10-15-5-6-18-14-35(33,34)26-20(18)9-15)21(13-30-8-7-19(31)12-30)16-3-2-4-17(11-16)23-24-27-28-25-23/h2-6,9,11,19,21,26,31H,7-8,10,12-14H2,1H3,(H,24,25,27,28)/t19-,21?/m0/s1. The van der Waals surface area contributed by atoms with Crippen LogP contribution in [0.3, 0.4) is 0 Å². The van der Waals surface area contributed by atoms with Gasteiger partial charge in [-0.1, -0.05) is 30.3 Å². The molecule has 2 atom stereocenters. The zero-order valence-corrected chi connectivity index (χ0v) is 20.1. The number of sulfonamides is 1. The number of nitrogens with one attached hydrogen (secondary N) is 2. The van der Waals surface area contributed by atoms with Crippen LogP contribution >= 0.6 is 0 Å². The number of likely N-dealkylation sites (N-methyl/N-ethyl adjacent to an activating group) is 1. The molecule has 3 heterocycles. The summed E-state index contributed by atoms with van der Waals surface area (Å²) in [4.78, 5) is 17.3. The van der Waals surface area contributed by atoms with E-state index in [1.807, 2.05) is 24.3 Å². The molecule has 1 fully saturated rings. The Morgan fingerprint density at radius 3 is 2.89 bits per heavy atom. The number of carbonyl (C=O) groups is 1. The van der Waals surface area contributed by atoms with E-state index in [2.05, 4.69) is 30.2 Å². The number of fused-ring (bicyclic) bond motifs is 1. The molecule has 0 radical (unpaired) electrons. The number of benzene rings is 2. The lowest BCUT2D eigenvalue weighted by molar-refractivity contribution is -0.131. The van der Waals surface area contributed by atoms with Crippen LogP contribution in [0.2, 0.25) is 0 Å². The van der Waals surface area contributed by atoms with Crippen LogP contribution in [0, 0.1) is 0 Å². The Bertz CT molecular complexity index is 1330. The monoisotopic (exact) mass is 497 g/mol. The Morgan fingerprint density at radius 2 is 2.14 bits per heavy atom. The van der Waals surface area contributed by atoms with E-state index in [4.69, 9.17) is 0 Å². The number of tetrazole rings is 1. The number of aromatic nitrogens is 4. The zero-order valence-electron chi connectivity index (χ0n) is 19.3. The molecule has 0 bridgehead atoms. The van der Waals surface area contributed by atoms with E-state index in [1.165, 1.54) is 0 Å². The Balaban J connectivity index is 1.38. The molecule has 3 aromatic rings. The van der Waals surface area contributed by atoms with E-state index >= 15 is 0 Å². The Kier molecular flexibility index (Phi) is 6.26. The molecule has 2 aliphatic rings. The molecule has 35 heavy (non-hydrogen) atoms.